The van der Waals surface area contributed by atoms with Crippen molar-refractivity contribution in [2.24, 2.45) is 0 Å². The van der Waals surface area contributed by atoms with Crippen LogP contribution in [0.1, 0.15) is 52.9 Å². The van der Waals surface area contributed by atoms with Crippen LogP contribution >= 0.6 is 0 Å². The zero-order chi connectivity index (χ0) is 13.4. The summed E-state index contributed by atoms with van der Waals surface area (Å²) in [5, 5.41) is 7.42. The molecule has 0 unspecified atom stereocenters. The molecule has 5 nitrogen and oxygen atoms in total. The first-order chi connectivity index (χ1) is 8.15. The van der Waals surface area contributed by atoms with E-state index in [1.165, 1.54) is 51.1 Å². The van der Waals surface area contributed by atoms with E-state index < -0.39 is 5.97 Å². The van der Waals surface area contributed by atoms with Crippen LogP contribution in [-0.4, -0.2) is 26.0 Å². The molecule has 1 N–H and O–H groups in total. The van der Waals surface area contributed by atoms with E-state index in [2.05, 4.69) is 28.8 Å². The van der Waals surface area contributed by atoms with Gasteiger partial charge < -0.3 is 5.11 Å². The Kier molecular flexibility index (Phi) is 17.8. The topological polar surface area (TPSA) is 76.0 Å². The standard InChI is InChI=1S/C7H16.C3H3N3.C2H4O2/c1-3-5-7-6-4-2;1-4-2-6-3-5-1;1-2(3)4/h3-7H2,1-2H3;1-3H;1H3,(H,3,4). The Bertz CT molecular complexity index is 208. The van der Waals surface area contributed by atoms with Gasteiger partial charge in [0.15, 0.2) is 0 Å². The van der Waals surface area contributed by atoms with Gasteiger partial charge in [0.1, 0.15) is 19.0 Å². The van der Waals surface area contributed by atoms with Crippen molar-refractivity contribution in [1.29, 1.82) is 0 Å². The fourth-order valence-corrected chi connectivity index (χ4v) is 0.882. The number of hydrogen-bond acceptors (Lipinski definition) is 4. The molecule has 0 radical (unpaired) electrons. The minimum absolute atomic E-state index is 0.833. The second-order valence-corrected chi connectivity index (χ2v) is 3.37. The zero-order valence-corrected chi connectivity index (χ0v) is 11.0. The van der Waals surface area contributed by atoms with Gasteiger partial charge in [-0.05, 0) is 0 Å². The predicted octanol–water partition coefficient (Wildman–Crippen LogP) is 2.94. The Hall–Kier alpha value is -1.52. The van der Waals surface area contributed by atoms with E-state index in [0.717, 1.165) is 6.92 Å². The molecule has 1 aromatic heterocycles. The number of hydrogen-bond donors (Lipinski definition) is 1. The number of unbranched alkanes of at least 4 members (excludes halogenated alkanes) is 4. The van der Waals surface area contributed by atoms with Gasteiger partial charge in [-0.25, -0.2) is 15.0 Å². The summed E-state index contributed by atoms with van der Waals surface area (Å²) in [5.41, 5.74) is 0. The third-order valence-corrected chi connectivity index (χ3v) is 1.61. The van der Waals surface area contributed by atoms with Crippen LogP contribution in [0.15, 0.2) is 19.0 Å². The lowest BCUT2D eigenvalue weighted by Crippen LogP contribution is -1.78. The summed E-state index contributed by atoms with van der Waals surface area (Å²) < 4.78 is 0. The minimum atomic E-state index is -0.833. The molecule has 0 aliphatic carbocycles. The number of aliphatic carboxylic acids is 1. The number of carboxylic acid groups (broad SMARTS) is 1. The van der Waals surface area contributed by atoms with Gasteiger partial charge in [0, 0.05) is 6.92 Å². The van der Waals surface area contributed by atoms with Crippen LogP contribution in [0, 0.1) is 0 Å². The van der Waals surface area contributed by atoms with Crippen LogP contribution in [0.25, 0.3) is 0 Å². The van der Waals surface area contributed by atoms with E-state index in [-0.39, 0.29) is 0 Å². The first-order valence-corrected chi connectivity index (χ1v) is 5.89. The molecular formula is C12H23N3O2. The van der Waals surface area contributed by atoms with Crippen molar-refractivity contribution < 1.29 is 9.90 Å². The molecule has 5 heteroatoms. The molecule has 1 aromatic rings. The maximum absolute atomic E-state index is 9.00. The number of rotatable bonds is 4. The maximum Gasteiger partial charge on any atom is 0.300 e. The van der Waals surface area contributed by atoms with Gasteiger partial charge in [-0.1, -0.05) is 46.0 Å². The number of carboxylic acids is 1. The molecule has 0 aromatic carbocycles. The van der Waals surface area contributed by atoms with Crippen molar-refractivity contribution in [3.63, 3.8) is 0 Å². The highest BCUT2D eigenvalue weighted by atomic mass is 16.4. The average molecular weight is 241 g/mol. The molecule has 0 saturated carbocycles. The fourth-order valence-electron chi connectivity index (χ4n) is 0.882. The third-order valence-electron chi connectivity index (χ3n) is 1.61. The molecular weight excluding hydrogens is 218 g/mol. The monoisotopic (exact) mass is 241 g/mol. The molecule has 1 rings (SSSR count). The van der Waals surface area contributed by atoms with Crippen molar-refractivity contribution in [2.75, 3.05) is 0 Å². The lowest BCUT2D eigenvalue weighted by molar-refractivity contribution is -0.134. The summed E-state index contributed by atoms with van der Waals surface area (Å²) in [7, 11) is 0. The fraction of sp³-hybridized carbons (Fsp3) is 0.667. The highest BCUT2D eigenvalue weighted by molar-refractivity contribution is 5.62. The van der Waals surface area contributed by atoms with Crippen LogP contribution in [0.3, 0.4) is 0 Å². The normalized spacial score (nSPS) is 8.18. The Morgan fingerprint density at radius 3 is 1.41 bits per heavy atom. The molecule has 0 spiro atoms. The van der Waals surface area contributed by atoms with Gasteiger partial charge >= 0.3 is 0 Å². The summed E-state index contributed by atoms with van der Waals surface area (Å²) in [4.78, 5) is 19.7. The van der Waals surface area contributed by atoms with E-state index in [9.17, 15) is 0 Å². The molecule has 98 valence electrons. The van der Waals surface area contributed by atoms with Gasteiger partial charge in [-0.15, -0.1) is 0 Å². The zero-order valence-electron chi connectivity index (χ0n) is 11.0. The molecule has 0 fully saturated rings. The van der Waals surface area contributed by atoms with Crippen molar-refractivity contribution in [1.82, 2.24) is 15.0 Å². The molecule has 0 amide bonds. The summed E-state index contributed by atoms with van der Waals surface area (Å²) in [6, 6.07) is 0. The highest BCUT2D eigenvalue weighted by Gasteiger charge is 1.80. The number of aromatic nitrogens is 3. The van der Waals surface area contributed by atoms with Gasteiger partial charge in [-0.2, -0.15) is 0 Å². The first kappa shape index (κ1) is 17.9. The highest BCUT2D eigenvalue weighted by Crippen LogP contribution is 2.00. The van der Waals surface area contributed by atoms with Crippen LogP contribution in [0.4, 0.5) is 0 Å². The molecule has 0 atom stereocenters. The number of nitrogens with zero attached hydrogens (tertiary/aromatic N) is 3. The van der Waals surface area contributed by atoms with Crippen molar-refractivity contribution in [3.05, 3.63) is 19.0 Å². The van der Waals surface area contributed by atoms with Gasteiger partial charge in [-0.3, -0.25) is 4.79 Å². The van der Waals surface area contributed by atoms with E-state index in [4.69, 9.17) is 9.90 Å². The second-order valence-electron chi connectivity index (χ2n) is 3.37. The van der Waals surface area contributed by atoms with Crippen molar-refractivity contribution in [3.8, 4) is 0 Å². The van der Waals surface area contributed by atoms with Crippen LogP contribution in [0.2, 0.25) is 0 Å². The average Bonchev–Trinajstić information content (AvgIpc) is 2.32. The lowest BCUT2D eigenvalue weighted by atomic mass is 10.2. The van der Waals surface area contributed by atoms with Gasteiger partial charge in [0.05, 0.1) is 0 Å². The summed E-state index contributed by atoms with van der Waals surface area (Å²) in [6.45, 7) is 5.57. The minimum Gasteiger partial charge on any atom is -0.481 e. The summed E-state index contributed by atoms with van der Waals surface area (Å²) in [5.74, 6) is -0.833. The smallest absolute Gasteiger partial charge is 0.300 e. The van der Waals surface area contributed by atoms with E-state index in [1.807, 2.05) is 0 Å². The molecule has 0 bridgehead atoms. The Morgan fingerprint density at radius 1 is 0.941 bits per heavy atom. The third kappa shape index (κ3) is 31.4. The molecule has 17 heavy (non-hydrogen) atoms. The Morgan fingerprint density at radius 2 is 1.24 bits per heavy atom. The Labute approximate surface area is 103 Å². The van der Waals surface area contributed by atoms with Gasteiger partial charge in [0.2, 0.25) is 0 Å². The van der Waals surface area contributed by atoms with Crippen molar-refractivity contribution in [2.45, 2.75) is 52.9 Å². The largest absolute Gasteiger partial charge is 0.481 e. The van der Waals surface area contributed by atoms with Crippen LogP contribution < -0.4 is 0 Å². The van der Waals surface area contributed by atoms with E-state index in [0.29, 0.717) is 0 Å². The quantitative estimate of drug-likeness (QED) is 0.820. The predicted molar refractivity (Wildman–Crippen MR) is 67.6 cm³/mol. The van der Waals surface area contributed by atoms with Crippen molar-refractivity contribution >= 4 is 5.97 Å². The molecule has 1 heterocycles. The van der Waals surface area contributed by atoms with Crippen LogP contribution in [0.5, 0.6) is 0 Å². The van der Waals surface area contributed by atoms with Crippen LogP contribution in [-0.2, 0) is 4.79 Å². The maximum atomic E-state index is 9.00. The number of carbonyl (C=O) groups is 1. The first-order valence-electron chi connectivity index (χ1n) is 5.89. The molecule has 0 saturated heterocycles. The van der Waals surface area contributed by atoms with Gasteiger partial charge in [0.25, 0.3) is 5.97 Å². The summed E-state index contributed by atoms with van der Waals surface area (Å²) >= 11 is 0. The SMILES string of the molecule is CC(=O)O.CCCCCCC.c1ncncn1. The van der Waals surface area contributed by atoms with E-state index in [1.54, 1.807) is 0 Å². The second kappa shape index (κ2) is 16.9. The Balaban J connectivity index is 0. The molecule has 0 aliphatic heterocycles. The van der Waals surface area contributed by atoms with E-state index >= 15 is 0 Å². The lowest BCUT2D eigenvalue weighted by Gasteiger charge is -1.90. The summed E-state index contributed by atoms with van der Waals surface area (Å²) in [6.07, 6.45) is 11.3. The molecule has 0 aliphatic rings.